The van der Waals surface area contributed by atoms with Crippen LogP contribution in [0, 0.1) is 0 Å². The van der Waals surface area contributed by atoms with Crippen LogP contribution in [-0.4, -0.2) is 140 Å². The maximum atomic E-state index is 13.1. The maximum Gasteiger partial charge on any atom is 0.220 e. The zero-order valence-corrected chi connectivity index (χ0v) is 42.2. The van der Waals surface area contributed by atoms with Gasteiger partial charge in [-0.1, -0.05) is 162 Å². The van der Waals surface area contributed by atoms with Crippen molar-refractivity contribution in [1.29, 1.82) is 0 Å². The molecule has 0 aliphatic carbocycles. The number of amides is 1. The van der Waals surface area contributed by atoms with Crippen LogP contribution in [0.4, 0.5) is 0 Å². The summed E-state index contributed by atoms with van der Waals surface area (Å²) in [6, 6.07) is -0.942. The molecular formula is C56H91NO13. The molecule has 14 heteroatoms. The summed E-state index contributed by atoms with van der Waals surface area (Å²) < 4.78 is 22.6. The van der Waals surface area contributed by atoms with Gasteiger partial charge in [-0.3, -0.25) is 4.79 Å². The van der Waals surface area contributed by atoms with Crippen molar-refractivity contribution in [2.24, 2.45) is 0 Å². The van der Waals surface area contributed by atoms with Crippen molar-refractivity contribution in [2.45, 2.75) is 216 Å². The van der Waals surface area contributed by atoms with Crippen molar-refractivity contribution >= 4 is 5.91 Å². The van der Waals surface area contributed by atoms with Crippen LogP contribution >= 0.6 is 0 Å². The monoisotopic (exact) mass is 986 g/mol. The number of ether oxygens (including phenoxy) is 4. The lowest BCUT2D eigenvalue weighted by Gasteiger charge is -2.46. The zero-order chi connectivity index (χ0) is 51.0. The van der Waals surface area contributed by atoms with Crippen LogP contribution in [0.1, 0.15) is 142 Å². The van der Waals surface area contributed by atoms with Crippen LogP contribution in [0.2, 0.25) is 0 Å². The normalized spacial score (nSPS) is 26.9. The Labute approximate surface area is 419 Å². The van der Waals surface area contributed by atoms with E-state index in [4.69, 9.17) is 18.9 Å². The summed E-state index contributed by atoms with van der Waals surface area (Å²) in [6.07, 6.45) is 40.3. The number of aliphatic hydroxyl groups excluding tert-OH is 8. The summed E-state index contributed by atoms with van der Waals surface area (Å²) in [4.78, 5) is 13.1. The zero-order valence-electron chi connectivity index (χ0n) is 42.2. The first-order valence-corrected chi connectivity index (χ1v) is 26.1. The molecule has 2 rings (SSSR count). The van der Waals surface area contributed by atoms with Crippen LogP contribution in [0.25, 0.3) is 0 Å². The topological polar surface area (TPSA) is 228 Å². The molecule has 0 aromatic heterocycles. The van der Waals surface area contributed by atoms with Crippen molar-refractivity contribution < 1.29 is 64.6 Å². The van der Waals surface area contributed by atoms with Crippen molar-refractivity contribution in [1.82, 2.24) is 5.32 Å². The molecule has 2 aliphatic heterocycles. The summed E-state index contributed by atoms with van der Waals surface area (Å²) >= 11 is 0. The third-order valence-corrected chi connectivity index (χ3v) is 11.9. The minimum Gasteiger partial charge on any atom is -0.394 e. The smallest absolute Gasteiger partial charge is 0.220 e. The molecule has 1 amide bonds. The van der Waals surface area contributed by atoms with E-state index in [0.29, 0.717) is 12.8 Å². The highest BCUT2D eigenvalue weighted by molar-refractivity contribution is 5.76. The number of carbonyl (C=O) groups excluding carboxylic acids is 1. The molecule has 14 nitrogen and oxygen atoms in total. The van der Waals surface area contributed by atoms with Gasteiger partial charge in [0.05, 0.1) is 32.0 Å². The Morgan fingerprint density at radius 3 is 1.56 bits per heavy atom. The van der Waals surface area contributed by atoms with E-state index < -0.39 is 86.8 Å². The van der Waals surface area contributed by atoms with Crippen LogP contribution < -0.4 is 5.32 Å². The van der Waals surface area contributed by atoms with Crippen molar-refractivity contribution in [3.8, 4) is 0 Å². The second kappa shape index (κ2) is 41.2. The number of nitrogens with one attached hydrogen (secondary N) is 1. The maximum absolute atomic E-state index is 13.1. The van der Waals surface area contributed by atoms with Crippen LogP contribution in [-0.2, 0) is 23.7 Å². The van der Waals surface area contributed by atoms with Gasteiger partial charge in [-0.15, -0.1) is 0 Å². The highest BCUT2D eigenvalue weighted by Gasteiger charge is 2.51. The van der Waals surface area contributed by atoms with Crippen LogP contribution in [0.5, 0.6) is 0 Å². The Morgan fingerprint density at radius 1 is 0.529 bits per heavy atom. The number of unbranched alkanes of at least 4 members (excludes halogenated alkanes) is 9. The van der Waals surface area contributed by atoms with E-state index >= 15 is 0 Å². The largest absolute Gasteiger partial charge is 0.394 e. The first-order valence-electron chi connectivity index (χ1n) is 26.1. The first kappa shape index (κ1) is 62.8. The molecule has 2 saturated heterocycles. The molecule has 9 N–H and O–H groups in total. The van der Waals surface area contributed by atoms with Crippen LogP contribution in [0.3, 0.4) is 0 Å². The quantitative estimate of drug-likeness (QED) is 0.0219. The molecule has 0 aromatic rings. The number of carbonyl (C=O) groups is 1. The van der Waals surface area contributed by atoms with Gasteiger partial charge in [-0.2, -0.15) is 0 Å². The Bertz CT molecular complexity index is 1590. The average molecular weight is 986 g/mol. The van der Waals surface area contributed by atoms with Crippen molar-refractivity contribution in [3.05, 3.63) is 109 Å². The molecule has 0 saturated carbocycles. The second-order valence-corrected chi connectivity index (χ2v) is 17.9. The Hall–Kier alpha value is -3.35. The molecule has 0 bridgehead atoms. The first-order chi connectivity index (χ1) is 34.1. The Morgan fingerprint density at radius 2 is 1.00 bits per heavy atom. The molecule has 398 valence electrons. The summed E-state index contributed by atoms with van der Waals surface area (Å²) in [5.41, 5.74) is 0. The molecule has 0 radical (unpaired) electrons. The molecule has 12 atom stereocenters. The number of aliphatic hydroxyl groups is 8. The summed E-state index contributed by atoms with van der Waals surface area (Å²) in [5, 5.41) is 86.4. The number of hydrogen-bond acceptors (Lipinski definition) is 13. The summed E-state index contributed by atoms with van der Waals surface area (Å²) in [7, 11) is 0. The van der Waals surface area contributed by atoms with Gasteiger partial charge in [0.15, 0.2) is 12.6 Å². The molecule has 0 aromatic carbocycles. The number of rotatable bonds is 38. The van der Waals surface area contributed by atoms with E-state index in [1.54, 1.807) is 6.08 Å². The number of allylic oxidation sites excluding steroid dienone is 17. The third-order valence-electron chi connectivity index (χ3n) is 11.9. The third kappa shape index (κ3) is 27.5. The van der Waals surface area contributed by atoms with Crippen molar-refractivity contribution in [2.75, 3.05) is 19.8 Å². The van der Waals surface area contributed by atoms with Crippen molar-refractivity contribution in [3.63, 3.8) is 0 Å². The SMILES string of the molecule is CC/C=C\C/C=C\C/C=C\C/C=C\C/C=C\C/C=C\C/C=C\CCCCCCCCCC(=O)NC(COC1OC(CO)C(OC2OC(CO)C(O)C(O)C2O)C(O)C1O)C(O)/C=C/CC/C=C/CCC. The van der Waals surface area contributed by atoms with Gasteiger partial charge in [0.2, 0.25) is 5.91 Å². The molecular weight excluding hydrogens is 895 g/mol. The predicted molar refractivity (Wildman–Crippen MR) is 276 cm³/mol. The van der Waals surface area contributed by atoms with Crippen LogP contribution in [0.15, 0.2) is 109 Å². The van der Waals surface area contributed by atoms with E-state index in [0.717, 1.165) is 109 Å². The highest BCUT2D eigenvalue weighted by atomic mass is 16.7. The second-order valence-electron chi connectivity index (χ2n) is 17.9. The fourth-order valence-corrected chi connectivity index (χ4v) is 7.70. The summed E-state index contributed by atoms with van der Waals surface area (Å²) in [6.45, 7) is 2.49. The van der Waals surface area contributed by atoms with E-state index in [1.165, 1.54) is 0 Å². The van der Waals surface area contributed by atoms with Gasteiger partial charge in [0.25, 0.3) is 0 Å². The van der Waals surface area contributed by atoms with Gasteiger partial charge >= 0.3 is 0 Å². The van der Waals surface area contributed by atoms with E-state index in [9.17, 15) is 45.6 Å². The predicted octanol–water partition coefficient (Wildman–Crippen LogP) is 7.32. The minimum absolute atomic E-state index is 0.252. The summed E-state index contributed by atoms with van der Waals surface area (Å²) in [5.74, 6) is -0.272. The molecule has 2 aliphatic rings. The van der Waals surface area contributed by atoms with Gasteiger partial charge in [-0.25, -0.2) is 0 Å². The van der Waals surface area contributed by atoms with Gasteiger partial charge < -0.3 is 65.1 Å². The standard InChI is InChI=1S/C56H91NO13/c1-3-5-7-9-11-12-13-14-15-16-17-18-19-20-21-22-23-24-25-26-27-28-29-30-31-32-34-36-38-40-48(61)57-44(45(60)39-37-35-33-10-8-6-4-2)43-67-55-53(66)51(64)54(47(42-59)69-55)70-56-52(65)50(63)49(62)46(41-58)68-56/h5,7-8,10-12,14-15,17-18,20-21,23-24,26-27,37,39,44-47,49-56,58-60,62-66H,3-4,6,9,13,16,19,22,25,28-36,38,40-43H2,1-2H3,(H,57,61)/b7-5-,10-8+,12-11-,15-14-,18-17-,21-20-,24-23-,27-26-,39-37+. The number of hydrogen-bond donors (Lipinski definition) is 9. The van der Waals surface area contributed by atoms with E-state index in [2.05, 4.69) is 116 Å². The lowest BCUT2D eigenvalue weighted by atomic mass is 9.97. The Kier molecular flexibility index (Phi) is 36.9. The lowest BCUT2D eigenvalue weighted by molar-refractivity contribution is -0.359. The molecule has 2 fully saturated rings. The highest BCUT2D eigenvalue weighted by Crippen LogP contribution is 2.30. The minimum atomic E-state index is -1.80. The average Bonchev–Trinajstić information content (AvgIpc) is 3.36. The fourth-order valence-electron chi connectivity index (χ4n) is 7.70. The van der Waals surface area contributed by atoms with E-state index in [1.807, 2.05) is 6.08 Å². The molecule has 70 heavy (non-hydrogen) atoms. The molecule has 12 unspecified atom stereocenters. The van der Waals surface area contributed by atoms with E-state index in [-0.39, 0.29) is 18.9 Å². The van der Waals surface area contributed by atoms with Gasteiger partial charge in [-0.05, 0) is 83.5 Å². The molecule has 0 spiro atoms. The van der Waals surface area contributed by atoms with Gasteiger partial charge in [0, 0.05) is 6.42 Å². The fraction of sp³-hybridized carbons (Fsp3) is 0.661. The van der Waals surface area contributed by atoms with Gasteiger partial charge in [0.1, 0.15) is 48.8 Å². The lowest BCUT2D eigenvalue weighted by Crippen LogP contribution is -2.65. The Balaban J connectivity index is 1.69. The molecule has 2 heterocycles.